The second-order valence-electron chi connectivity index (χ2n) is 4.44. The van der Waals surface area contributed by atoms with Gasteiger partial charge in [-0.2, -0.15) is 0 Å². The van der Waals surface area contributed by atoms with Crippen LogP contribution in [0.15, 0.2) is 18.3 Å². The highest BCUT2D eigenvalue weighted by molar-refractivity contribution is 5.99. The van der Waals surface area contributed by atoms with E-state index in [-0.39, 0.29) is 23.2 Å². The lowest BCUT2D eigenvalue weighted by molar-refractivity contribution is -0.120. The van der Waals surface area contributed by atoms with Gasteiger partial charge < -0.3 is 10.4 Å². The summed E-state index contributed by atoms with van der Waals surface area (Å²) in [6.45, 7) is 4.04. The summed E-state index contributed by atoms with van der Waals surface area (Å²) < 4.78 is 0. The number of carbonyl (C=O) groups excluding carboxylic acids is 1. The molecule has 0 saturated carbocycles. The van der Waals surface area contributed by atoms with E-state index in [0.717, 1.165) is 25.7 Å². The van der Waals surface area contributed by atoms with E-state index >= 15 is 0 Å². The Balaban J connectivity index is 2.78. The number of rotatable bonds is 7. The lowest BCUT2D eigenvalue weighted by Crippen LogP contribution is -2.23. The van der Waals surface area contributed by atoms with Crippen LogP contribution in [-0.2, 0) is 4.79 Å². The predicted octanol–water partition coefficient (Wildman–Crippen LogP) is 2.93. The molecule has 104 valence electrons. The molecule has 1 aromatic heterocycles. The van der Waals surface area contributed by atoms with Gasteiger partial charge in [0.25, 0.3) is 0 Å². The number of carboxylic acid groups (broad SMARTS) is 1. The van der Waals surface area contributed by atoms with Crippen LogP contribution in [0.4, 0.5) is 5.69 Å². The van der Waals surface area contributed by atoms with Crippen molar-refractivity contribution in [3.63, 3.8) is 0 Å². The maximum absolute atomic E-state index is 12.1. The molecule has 0 aliphatic rings. The van der Waals surface area contributed by atoms with Crippen LogP contribution in [0.2, 0.25) is 0 Å². The molecule has 19 heavy (non-hydrogen) atoms. The zero-order valence-corrected chi connectivity index (χ0v) is 11.3. The quantitative estimate of drug-likeness (QED) is 0.793. The Kier molecular flexibility index (Phi) is 5.99. The molecule has 0 radical (unpaired) electrons. The highest BCUT2D eigenvalue weighted by atomic mass is 16.4. The fourth-order valence-corrected chi connectivity index (χ4v) is 1.88. The number of anilines is 1. The maximum Gasteiger partial charge on any atom is 0.356 e. The molecule has 1 amide bonds. The Bertz CT molecular complexity index is 446. The van der Waals surface area contributed by atoms with E-state index in [1.165, 1.54) is 6.20 Å². The monoisotopic (exact) mass is 264 g/mol. The predicted molar refractivity (Wildman–Crippen MR) is 73.1 cm³/mol. The van der Waals surface area contributed by atoms with Crippen LogP contribution < -0.4 is 5.32 Å². The molecule has 1 heterocycles. The minimum Gasteiger partial charge on any atom is -0.476 e. The first kappa shape index (κ1) is 15.1. The van der Waals surface area contributed by atoms with Gasteiger partial charge in [-0.25, -0.2) is 9.78 Å². The molecule has 0 bridgehead atoms. The van der Waals surface area contributed by atoms with Crippen LogP contribution in [0.25, 0.3) is 0 Å². The van der Waals surface area contributed by atoms with E-state index in [1.807, 2.05) is 6.92 Å². The van der Waals surface area contributed by atoms with E-state index in [2.05, 4.69) is 17.2 Å². The van der Waals surface area contributed by atoms with Crippen molar-refractivity contribution in [2.75, 3.05) is 5.32 Å². The average Bonchev–Trinajstić information content (AvgIpc) is 2.40. The summed E-state index contributed by atoms with van der Waals surface area (Å²) in [5.74, 6) is -1.36. The van der Waals surface area contributed by atoms with Gasteiger partial charge in [0, 0.05) is 12.1 Å². The number of carbonyl (C=O) groups is 2. The van der Waals surface area contributed by atoms with Crippen molar-refractivity contribution < 1.29 is 14.7 Å². The van der Waals surface area contributed by atoms with Gasteiger partial charge in [0.15, 0.2) is 5.69 Å². The van der Waals surface area contributed by atoms with Crippen LogP contribution in [0.5, 0.6) is 0 Å². The lowest BCUT2D eigenvalue weighted by atomic mass is 9.98. The largest absolute Gasteiger partial charge is 0.476 e. The molecule has 2 N–H and O–H groups in total. The molecule has 0 saturated heterocycles. The summed E-state index contributed by atoms with van der Waals surface area (Å²) >= 11 is 0. The third-order valence-electron chi connectivity index (χ3n) is 3.04. The molecule has 1 unspecified atom stereocenters. The second-order valence-corrected chi connectivity index (χ2v) is 4.44. The van der Waals surface area contributed by atoms with Gasteiger partial charge in [-0.05, 0) is 25.0 Å². The number of carboxylic acids is 1. The van der Waals surface area contributed by atoms with Crippen LogP contribution in [0, 0.1) is 5.92 Å². The number of amides is 1. The van der Waals surface area contributed by atoms with Crippen molar-refractivity contribution in [1.82, 2.24) is 4.98 Å². The Morgan fingerprint density at radius 3 is 2.74 bits per heavy atom. The zero-order chi connectivity index (χ0) is 14.3. The van der Waals surface area contributed by atoms with Gasteiger partial charge in [0.1, 0.15) is 0 Å². The second kappa shape index (κ2) is 7.51. The molecule has 1 atom stereocenters. The number of hydrogen-bond donors (Lipinski definition) is 2. The van der Waals surface area contributed by atoms with E-state index in [0.29, 0.717) is 0 Å². The van der Waals surface area contributed by atoms with Crippen molar-refractivity contribution in [2.24, 2.45) is 5.92 Å². The Morgan fingerprint density at radius 1 is 1.42 bits per heavy atom. The normalized spacial score (nSPS) is 11.9. The molecule has 5 heteroatoms. The van der Waals surface area contributed by atoms with Crippen molar-refractivity contribution in [3.05, 3.63) is 24.0 Å². The van der Waals surface area contributed by atoms with E-state index in [4.69, 9.17) is 5.11 Å². The minimum absolute atomic E-state index is 0.0817. The Hall–Kier alpha value is -1.91. The number of pyridine rings is 1. The van der Waals surface area contributed by atoms with Gasteiger partial charge in [-0.1, -0.05) is 26.7 Å². The number of nitrogens with one attached hydrogen (secondary N) is 1. The summed E-state index contributed by atoms with van der Waals surface area (Å²) in [5.41, 5.74) is 0.135. The summed E-state index contributed by atoms with van der Waals surface area (Å²) in [7, 11) is 0. The fraction of sp³-hybridized carbons (Fsp3) is 0.500. The highest BCUT2D eigenvalue weighted by Crippen LogP contribution is 2.18. The molecule has 0 aliphatic heterocycles. The molecule has 1 aromatic rings. The summed E-state index contributed by atoms with van der Waals surface area (Å²) in [4.78, 5) is 26.9. The SMILES string of the molecule is CCCCC(CC)C(=O)Nc1cccnc1C(=O)O. The first-order valence-electron chi connectivity index (χ1n) is 6.59. The molecular weight excluding hydrogens is 244 g/mol. The average molecular weight is 264 g/mol. The van der Waals surface area contributed by atoms with E-state index < -0.39 is 5.97 Å². The van der Waals surface area contributed by atoms with Crippen molar-refractivity contribution in [1.29, 1.82) is 0 Å². The highest BCUT2D eigenvalue weighted by Gasteiger charge is 2.19. The zero-order valence-electron chi connectivity index (χ0n) is 11.3. The van der Waals surface area contributed by atoms with Gasteiger partial charge in [0.2, 0.25) is 5.91 Å². The molecule has 0 aliphatic carbocycles. The van der Waals surface area contributed by atoms with Crippen LogP contribution >= 0.6 is 0 Å². The first-order valence-corrected chi connectivity index (χ1v) is 6.59. The van der Waals surface area contributed by atoms with E-state index in [1.54, 1.807) is 12.1 Å². The first-order chi connectivity index (χ1) is 9.10. The molecule has 5 nitrogen and oxygen atoms in total. The number of nitrogens with zero attached hydrogens (tertiary/aromatic N) is 1. The summed E-state index contributed by atoms with van der Waals surface area (Å²) in [5, 5.41) is 11.7. The smallest absolute Gasteiger partial charge is 0.356 e. The van der Waals surface area contributed by atoms with Crippen LogP contribution in [0.1, 0.15) is 50.0 Å². The van der Waals surface area contributed by atoms with Crippen LogP contribution in [0.3, 0.4) is 0 Å². The van der Waals surface area contributed by atoms with Crippen LogP contribution in [-0.4, -0.2) is 22.0 Å². The number of unbranched alkanes of at least 4 members (excludes halogenated alkanes) is 1. The number of aromatic nitrogens is 1. The van der Waals surface area contributed by atoms with Gasteiger partial charge >= 0.3 is 5.97 Å². The van der Waals surface area contributed by atoms with E-state index in [9.17, 15) is 9.59 Å². The molecule has 0 spiro atoms. The Labute approximate surface area is 113 Å². The topological polar surface area (TPSA) is 79.3 Å². The maximum atomic E-state index is 12.1. The van der Waals surface area contributed by atoms with Crippen molar-refractivity contribution in [3.8, 4) is 0 Å². The fourth-order valence-electron chi connectivity index (χ4n) is 1.88. The molecular formula is C14H20N2O3. The molecule has 1 rings (SSSR count). The summed E-state index contributed by atoms with van der Waals surface area (Å²) in [6.07, 6.45) is 4.99. The van der Waals surface area contributed by atoms with Gasteiger partial charge in [-0.3, -0.25) is 4.79 Å². The van der Waals surface area contributed by atoms with Crippen molar-refractivity contribution >= 4 is 17.6 Å². The number of aromatic carboxylic acids is 1. The molecule has 0 fully saturated rings. The number of hydrogen-bond acceptors (Lipinski definition) is 3. The minimum atomic E-state index is -1.14. The van der Waals surface area contributed by atoms with Crippen molar-refractivity contribution in [2.45, 2.75) is 39.5 Å². The third-order valence-corrected chi connectivity index (χ3v) is 3.04. The Morgan fingerprint density at radius 2 is 2.16 bits per heavy atom. The molecule has 0 aromatic carbocycles. The third kappa shape index (κ3) is 4.35. The standard InChI is InChI=1S/C14H20N2O3/c1-3-5-7-10(4-2)13(17)16-11-8-6-9-15-12(11)14(18)19/h6,8-10H,3-5,7H2,1-2H3,(H,16,17)(H,18,19). The summed E-state index contributed by atoms with van der Waals surface area (Å²) in [6, 6.07) is 3.16. The lowest BCUT2D eigenvalue weighted by Gasteiger charge is -2.15. The van der Waals surface area contributed by atoms with Gasteiger partial charge in [-0.15, -0.1) is 0 Å². The van der Waals surface area contributed by atoms with Gasteiger partial charge in [0.05, 0.1) is 5.69 Å².